The Hall–Kier alpha value is -3.32. The highest BCUT2D eigenvalue weighted by Crippen LogP contribution is 2.29. The molecule has 144 valence electrons. The highest BCUT2D eigenvalue weighted by Gasteiger charge is 2.12. The van der Waals surface area contributed by atoms with Crippen molar-refractivity contribution in [2.24, 2.45) is 0 Å². The number of hydrogen-bond donors (Lipinski definition) is 2. The molecular weight excluding hydrogens is 380 g/mol. The van der Waals surface area contributed by atoms with Crippen LogP contribution in [0.15, 0.2) is 48.8 Å². The number of aryl methyl sites for hydroxylation is 1. The highest BCUT2D eigenvalue weighted by molar-refractivity contribution is 6.30. The first-order valence-electron chi connectivity index (χ1n) is 8.38. The smallest absolute Gasteiger partial charge is 0.258 e. The molecule has 1 heterocycles. The van der Waals surface area contributed by atoms with Gasteiger partial charge in [-0.3, -0.25) is 4.79 Å². The van der Waals surface area contributed by atoms with E-state index in [-0.39, 0.29) is 5.91 Å². The lowest BCUT2D eigenvalue weighted by Gasteiger charge is -2.12. The van der Waals surface area contributed by atoms with Gasteiger partial charge in [-0.1, -0.05) is 11.6 Å². The first-order chi connectivity index (χ1) is 13.5. The molecular formula is C20H19ClN4O3. The molecule has 0 aliphatic rings. The quantitative estimate of drug-likeness (QED) is 0.638. The van der Waals surface area contributed by atoms with Crippen molar-refractivity contribution in [3.63, 3.8) is 0 Å². The summed E-state index contributed by atoms with van der Waals surface area (Å²) in [5, 5.41) is 6.53. The van der Waals surface area contributed by atoms with Gasteiger partial charge in [-0.05, 0) is 42.8 Å². The minimum Gasteiger partial charge on any atom is -0.497 e. The molecule has 0 fully saturated rings. The Morgan fingerprint density at radius 2 is 1.75 bits per heavy atom. The fourth-order valence-electron chi connectivity index (χ4n) is 2.50. The van der Waals surface area contributed by atoms with Crippen LogP contribution in [0.5, 0.6) is 11.5 Å². The number of rotatable bonds is 6. The SMILES string of the molecule is COc1ccc(OC)c(NC(=O)c2cnc(Nc3ccc(Cl)cc3C)nc2)c1. The molecule has 28 heavy (non-hydrogen) atoms. The zero-order valence-electron chi connectivity index (χ0n) is 15.6. The molecule has 0 aliphatic heterocycles. The first-order valence-corrected chi connectivity index (χ1v) is 8.76. The molecule has 8 heteroatoms. The summed E-state index contributed by atoms with van der Waals surface area (Å²) in [6.45, 7) is 1.93. The molecule has 7 nitrogen and oxygen atoms in total. The van der Waals surface area contributed by atoms with E-state index in [1.54, 1.807) is 31.4 Å². The van der Waals surface area contributed by atoms with Gasteiger partial charge in [0.15, 0.2) is 0 Å². The van der Waals surface area contributed by atoms with Crippen LogP contribution in [-0.4, -0.2) is 30.1 Å². The van der Waals surface area contributed by atoms with Gasteiger partial charge in [-0.15, -0.1) is 0 Å². The van der Waals surface area contributed by atoms with E-state index in [1.807, 2.05) is 19.1 Å². The van der Waals surface area contributed by atoms with Crippen LogP contribution in [0.4, 0.5) is 17.3 Å². The number of nitrogens with zero attached hydrogens (tertiary/aromatic N) is 2. The van der Waals surface area contributed by atoms with Crippen molar-refractivity contribution in [1.82, 2.24) is 9.97 Å². The summed E-state index contributed by atoms with van der Waals surface area (Å²) in [6.07, 6.45) is 2.89. The van der Waals surface area contributed by atoms with E-state index in [0.29, 0.717) is 33.7 Å². The van der Waals surface area contributed by atoms with Gasteiger partial charge in [0.1, 0.15) is 11.5 Å². The summed E-state index contributed by atoms with van der Waals surface area (Å²) in [6, 6.07) is 10.6. The van der Waals surface area contributed by atoms with Crippen molar-refractivity contribution >= 4 is 34.8 Å². The summed E-state index contributed by atoms with van der Waals surface area (Å²) in [5.41, 5.74) is 2.60. The Kier molecular flexibility index (Phi) is 5.96. The topological polar surface area (TPSA) is 85.4 Å². The molecule has 1 amide bonds. The maximum atomic E-state index is 12.5. The average molecular weight is 399 g/mol. The molecule has 0 aliphatic carbocycles. The zero-order valence-corrected chi connectivity index (χ0v) is 16.4. The second-order valence-corrected chi connectivity index (χ2v) is 6.34. The van der Waals surface area contributed by atoms with Crippen LogP contribution in [0.3, 0.4) is 0 Å². The molecule has 3 rings (SSSR count). The second kappa shape index (κ2) is 8.58. The predicted molar refractivity (Wildman–Crippen MR) is 109 cm³/mol. The summed E-state index contributed by atoms with van der Waals surface area (Å²) in [5.74, 6) is 1.14. The van der Waals surface area contributed by atoms with E-state index < -0.39 is 0 Å². The molecule has 0 spiro atoms. The van der Waals surface area contributed by atoms with Crippen molar-refractivity contribution in [1.29, 1.82) is 0 Å². The molecule has 2 aromatic carbocycles. The predicted octanol–water partition coefficient (Wildman–Crippen LogP) is 4.45. The Morgan fingerprint density at radius 3 is 2.39 bits per heavy atom. The fraction of sp³-hybridized carbons (Fsp3) is 0.150. The van der Waals surface area contributed by atoms with Gasteiger partial charge >= 0.3 is 0 Å². The van der Waals surface area contributed by atoms with Gasteiger partial charge in [0.25, 0.3) is 5.91 Å². The summed E-state index contributed by atoms with van der Waals surface area (Å²) in [4.78, 5) is 20.9. The maximum Gasteiger partial charge on any atom is 0.258 e. The van der Waals surface area contributed by atoms with Crippen LogP contribution in [-0.2, 0) is 0 Å². The molecule has 0 saturated heterocycles. The van der Waals surface area contributed by atoms with Crippen LogP contribution < -0.4 is 20.1 Å². The highest BCUT2D eigenvalue weighted by atomic mass is 35.5. The van der Waals surface area contributed by atoms with Gasteiger partial charge < -0.3 is 20.1 Å². The lowest BCUT2D eigenvalue weighted by Crippen LogP contribution is -2.14. The minimum absolute atomic E-state index is 0.309. The van der Waals surface area contributed by atoms with Gasteiger partial charge in [-0.2, -0.15) is 0 Å². The largest absolute Gasteiger partial charge is 0.497 e. The van der Waals surface area contributed by atoms with Gasteiger partial charge in [0, 0.05) is 29.2 Å². The second-order valence-electron chi connectivity index (χ2n) is 5.90. The summed E-state index contributed by atoms with van der Waals surface area (Å²) in [7, 11) is 3.08. The Bertz CT molecular complexity index is 993. The number of hydrogen-bond acceptors (Lipinski definition) is 6. The van der Waals surface area contributed by atoms with Gasteiger partial charge in [0.05, 0.1) is 25.5 Å². The van der Waals surface area contributed by atoms with E-state index in [9.17, 15) is 4.79 Å². The number of benzene rings is 2. The lowest BCUT2D eigenvalue weighted by molar-refractivity contribution is 0.102. The molecule has 0 bridgehead atoms. The molecule has 2 N–H and O–H groups in total. The maximum absolute atomic E-state index is 12.5. The summed E-state index contributed by atoms with van der Waals surface area (Å²) < 4.78 is 10.4. The van der Waals surface area contributed by atoms with Crippen LogP contribution in [0.1, 0.15) is 15.9 Å². The number of ether oxygens (including phenoxy) is 2. The van der Waals surface area contributed by atoms with E-state index in [0.717, 1.165) is 11.3 Å². The van der Waals surface area contributed by atoms with Crippen LogP contribution >= 0.6 is 11.6 Å². The average Bonchev–Trinajstić information content (AvgIpc) is 2.70. The third kappa shape index (κ3) is 4.50. The van der Waals surface area contributed by atoms with Crippen molar-refractivity contribution in [2.45, 2.75) is 6.92 Å². The molecule has 0 radical (unpaired) electrons. The van der Waals surface area contributed by atoms with E-state index in [1.165, 1.54) is 19.5 Å². The minimum atomic E-state index is -0.360. The number of halogens is 1. The van der Waals surface area contributed by atoms with Crippen molar-refractivity contribution in [3.8, 4) is 11.5 Å². The number of nitrogens with one attached hydrogen (secondary N) is 2. The molecule has 3 aromatic rings. The number of carbonyl (C=O) groups excluding carboxylic acids is 1. The third-order valence-corrected chi connectivity index (χ3v) is 4.24. The summed E-state index contributed by atoms with van der Waals surface area (Å²) >= 11 is 5.96. The Balaban J connectivity index is 1.73. The first kappa shape index (κ1) is 19.4. The van der Waals surface area contributed by atoms with Crippen molar-refractivity contribution < 1.29 is 14.3 Å². The number of carbonyl (C=O) groups is 1. The monoisotopic (exact) mass is 398 g/mol. The lowest BCUT2D eigenvalue weighted by atomic mass is 10.2. The molecule has 0 saturated carbocycles. The van der Waals surface area contributed by atoms with Crippen LogP contribution in [0.2, 0.25) is 5.02 Å². The number of anilines is 3. The fourth-order valence-corrected chi connectivity index (χ4v) is 2.73. The van der Waals surface area contributed by atoms with Crippen LogP contribution in [0.25, 0.3) is 0 Å². The van der Waals surface area contributed by atoms with Crippen LogP contribution in [0, 0.1) is 6.92 Å². The molecule has 0 atom stereocenters. The number of methoxy groups -OCH3 is 2. The van der Waals surface area contributed by atoms with Crippen molar-refractivity contribution in [2.75, 3.05) is 24.9 Å². The Labute approximate surface area is 167 Å². The molecule has 0 unspecified atom stereocenters. The number of aromatic nitrogens is 2. The van der Waals surface area contributed by atoms with E-state index in [2.05, 4.69) is 20.6 Å². The Morgan fingerprint density at radius 1 is 1.00 bits per heavy atom. The van der Waals surface area contributed by atoms with E-state index >= 15 is 0 Å². The normalized spacial score (nSPS) is 10.3. The number of amides is 1. The standard InChI is InChI=1S/C20H19ClN4O3/c1-12-8-14(21)4-6-16(12)25-20-22-10-13(11-23-20)19(26)24-17-9-15(27-2)5-7-18(17)28-3/h4-11H,1-3H3,(H,24,26)(H,22,23,25). The van der Waals surface area contributed by atoms with Gasteiger partial charge in [0.2, 0.25) is 5.95 Å². The van der Waals surface area contributed by atoms with Gasteiger partial charge in [-0.25, -0.2) is 9.97 Å². The zero-order chi connectivity index (χ0) is 20.1. The van der Waals surface area contributed by atoms with Crippen molar-refractivity contribution in [3.05, 3.63) is 64.9 Å². The molecule has 1 aromatic heterocycles. The third-order valence-electron chi connectivity index (χ3n) is 4.00. The van der Waals surface area contributed by atoms with E-state index in [4.69, 9.17) is 21.1 Å².